The molecule has 1 unspecified atom stereocenters. The van der Waals surface area contributed by atoms with E-state index >= 15 is 0 Å². The highest BCUT2D eigenvalue weighted by Crippen LogP contribution is 2.18. The minimum atomic E-state index is -0.857. The highest BCUT2D eigenvalue weighted by molar-refractivity contribution is 5.86. The van der Waals surface area contributed by atoms with E-state index < -0.39 is 5.54 Å². The molecule has 5 nitrogen and oxygen atoms in total. The fraction of sp³-hybridized carbons (Fsp3) is 0.818. The van der Waals surface area contributed by atoms with Crippen LogP contribution in [0.1, 0.15) is 26.7 Å². The van der Waals surface area contributed by atoms with Gasteiger partial charge in [-0.05, 0) is 26.7 Å². The molecule has 0 aromatic heterocycles. The first-order chi connectivity index (χ1) is 7.36. The summed E-state index contributed by atoms with van der Waals surface area (Å²) in [5.41, 5.74) is 4.92. The summed E-state index contributed by atoms with van der Waals surface area (Å²) in [6, 6.07) is 0. The van der Waals surface area contributed by atoms with Crippen LogP contribution in [0.4, 0.5) is 0 Å². The maximum atomic E-state index is 11.9. The Hall–Kier alpha value is -1.10. The van der Waals surface area contributed by atoms with Crippen molar-refractivity contribution in [1.29, 1.82) is 0 Å². The maximum absolute atomic E-state index is 11.9. The Labute approximate surface area is 96.4 Å². The average Bonchev–Trinajstić information content (AvgIpc) is 2.26. The van der Waals surface area contributed by atoms with Crippen molar-refractivity contribution in [3.63, 3.8) is 0 Å². The Morgan fingerprint density at radius 2 is 2.06 bits per heavy atom. The van der Waals surface area contributed by atoms with Gasteiger partial charge in [0.15, 0.2) is 0 Å². The van der Waals surface area contributed by atoms with Gasteiger partial charge >= 0.3 is 0 Å². The molecule has 0 bridgehead atoms. The lowest BCUT2D eigenvalue weighted by molar-refractivity contribution is -0.139. The molecule has 16 heavy (non-hydrogen) atoms. The first-order valence-corrected chi connectivity index (χ1v) is 5.66. The second-order valence-electron chi connectivity index (χ2n) is 4.93. The summed E-state index contributed by atoms with van der Waals surface area (Å²) in [6.45, 7) is 4.57. The van der Waals surface area contributed by atoms with E-state index in [4.69, 9.17) is 5.73 Å². The van der Waals surface area contributed by atoms with Gasteiger partial charge in [0.2, 0.25) is 11.8 Å². The van der Waals surface area contributed by atoms with Gasteiger partial charge < -0.3 is 16.0 Å². The van der Waals surface area contributed by atoms with Gasteiger partial charge in [-0.25, -0.2) is 0 Å². The summed E-state index contributed by atoms with van der Waals surface area (Å²) in [6.07, 6.45) is 1.70. The quantitative estimate of drug-likeness (QED) is 0.680. The third-order valence-corrected chi connectivity index (χ3v) is 2.88. The molecule has 1 rings (SSSR count). The molecule has 1 aliphatic heterocycles. The number of piperidine rings is 1. The van der Waals surface area contributed by atoms with E-state index in [1.54, 1.807) is 25.8 Å². The summed E-state index contributed by atoms with van der Waals surface area (Å²) in [4.78, 5) is 25.1. The van der Waals surface area contributed by atoms with Crippen molar-refractivity contribution in [1.82, 2.24) is 10.2 Å². The molecular formula is C11H21N3O2. The van der Waals surface area contributed by atoms with E-state index in [0.717, 1.165) is 12.8 Å². The van der Waals surface area contributed by atoms with Gasteiger partial charge in [0.05, 0.1) is 11.5 Å². The lowest BCUT2D eigenvalue weighted by Crippen LogP contribution is -2.55. The van der Waals surface area contributed by atoms with E-state index in [1.807, 2.05) is 0 Å². The number of rotatable bonds is 2. The van der Waals surface area contributed by atoms with Crippen LogP contribution in [0.3, 0.4) is 0 Å². The topological polar surface area (TPSA) is 75.4 Å². The second-order valence-corrected chi connectivity index (χ2v) is 4.93. The van der Waals surface area contributed by atoms with Crippen molar-refractivity contribution in [2.75, 3.05) is 20.1 Å². The third-order valence-electron chi connectivity index (χ3n) is 2.88. The lowest BCUT2D eigenvalue weighted by Gasteiger charge is -2.35. The normalized spacial score (nSPS) is 21.8. The number of carbonyl (C=O) groups excluding carboxylic acids is 2. The summed E-state index contributed by atoms with van der Waals surface area (Å²) in [5, 5.41) is 2.62. The molecule has 0 saturated carbocycles. The molecule has 0 radical (unpaired) electrons. The standard InChI is InChI=1S/C11H21N3O2/c1-11(2,12)10(16)14-6-4-5-8(7-14)9(15)13-3/h8H,4-7,12H2,1-3H3,(H,13,15). The Bertz CT molecular complexity index is 283. The van der Waals surface area contributed by atoms with Crippen LogP contribution in [-0.4, -0.2) is 42.4 Å². The molecule has 0 aromatic carbocycles. The summed E-state index contributed by atoms with van der Waals surface area (Å²) < 4.78 is 0. The van der Waals surface area contributed by atoms with Crippen molar-refractivity contribution in [2.45, 2.75) is 32.2 Å². The Morgan fingerprint density at radius 3 is 2.56 bits per heavy atom. The van der Waals surface area contributed by atoms with E-state index in [-0.39, 0.29) is 17.7 Å². The van der Waals surface area contributed by atoms with Gasteiger partial charge in [-0.2, -0.15) is 0 Å². The smallest absolute Gasteiger partial charge is 0.242 e. The molecule has 1 saturated heterocycles. The number of nitrogens with zero attached hydrogens (tertiary/aromatic N) is 1. The Kier molecular flexibility index (Phi) is 3.91. The molecule has 2 amide bonds. The zero-order chi connectivity index (χ0) is 12.3. The largest absolute Gasteiger partial charge is 0.359 e. The van der Waals surface area contributed by atoms with Crippen LogP contribution in [0.2, 0.25) is 0 Å². The number of nitrogens with one attached hydrogen (secondary N) is 1. The van der Waals surface area contributed by atoms with Crippen molar-refractivity contribution < 1.29 is 9.59 Å². The minimum Gasteiger partial charge on any atom is -0.359 e. The van der Waals surface area contributed by atoms with Crippen LogP contribution in [-0.2, 0) is 9.59 Å². The predicted octanol–water partition coefficient (Wildman–Crippen LogP) is -0.292. The monoisotopic (exact) mass is 227 g/mol. The molecule has 0 spiro atoms. The zero-order valence-electron chi connectivity index (χ0n) is 10.2. The molecule has 1 heterocycles. The first-order valence-electron chi connectivity index (χ1n) is 5.66. The fourth-order valence-corrected chi connectivity index (χ4v) is 1.99. The van der Waals surface area contributed by atoms with Crippen LogP contribution >= 0.6 is 0 Å². The van der Waals surface area contributed by atoms with Crippen LogP contribution < -0.4 is 11.1 Å². The van der Waals surface area contributed by atoms with Gasteiger partial charge in [-0.15, -0.1) is 0 Å². The number of carbonyl (C=O) groups is 2. The van der Waals surface area contributed by atoms with Gasteiger partial charge in [-0.3, -0.25) is 9.59 Å². The van der Waals surface area contributed by atoms with Crippen LogP contribution in [0, 0.1) is 5.92 Å². The minimum absolute atomic E-state index is 0.00678. The predicted molar refractivity (Wildman–Crippen MR) is 61.6 cm³/mol. The fourth-order valence-electron chi connectivity index (χ4n) is 1.99. The molecule has 1 aliphatic rings. The van der Waals surface area contributed by atoms with Crippen molar-refractivity contribution in [2.24, 2.45) is 11.7 Å². The van der Waals surface area contributed by atoms with Crippen LogP contribution in [0.15, 0.2) is 0 Å². The average molecular weight is 227 g/mol. The zero-order valence-corrected chi connectivity index (χ0v) is 10.2. The maximum Gasteiger partial charge on any atom is 0.242 e. The van der Waals surface area contributed by atoms with Gasteiger partial charge in [0.25, 0.3) is 0 Å². The van der Waals surface area contributed by atoms with Crippen molar-refractivity contribution in [3.8, 4) is 0 Å². The van der Waals surface area contributed by atoms with E-state index in [2.05, 4.69) is 5.32 Å². The number of likely N-dealkylation sites (tertiary alicyclic amines) is 1. The molecule has 0 aliphatic carbocycles. The van der Waals surface area contributed by atoms with Crippen molar-refractivity contribution in [3.05, 3.63) is 0 Å². The summed E-state index contributed by atoms with van der Waals surface area (Å²) in [5.74, 6) is -0.168. The van der Waals surface area contributed by atoms with Crippen LogP contribution in [0.25, 0.3) is 0 Å². The summed E-state index contributed by atoms with van der Waals surface area (Å²) in [7, 11) is 1.62. The number of hydrogen-bond acceptors (Lipinski definition) is 3. The molecule has 92 valence electrons. The Morgan fingerprint density at radius 1 is 1.44 bits per heavy atom. The molecule has 5 heteroatoms. The summed E-state index contributed by atoms with van der Waals surface area (Å²) >= 11 is 0. The molecule has 1 atom stereocenters. The second kappa shape index (κ2) is 4.82. The molecule has 1 fully saturated rings. The highest BCUT2D eigenvalue weighted by atomic mass is 16.2. The van der Waals surface area contributed by atoms with E-state index in [1.165, 1.54) is 0 Å². The van der Waals surface area contributed by atoms with Gasteiger partial charge in [0, 0.05) is 20.1 Å². The number of hydrogen-bond donors (Lipinski definition) is 2. The van der Waals surface area contributed by atoms with Gasteiger partial charge in [-0.1, -0.05) is 0 Å². The van der Waals surface area contributed by atoms with Crippen molar-refractivity contribution >= 4 is 11.8 Å². The molecular weight excluding hydrogens is 206 g/mol. The van der Waals surface area contributed by atoms with E-state index in [0.29, 0.717) is 13.1 Å². The highest BCUT2D eigenvalue weighted by Gasteiger charge is 2.33. The lowest BCUT2D eigenvalue weighted by atomic mass is 9.95. The molecule has 0 aromatic rings. The third kappa shape index (κ3) is 2.95. The molecule has 3 N–H and O–H groups in total. The number of amides is 2. The Balaban J connectivity index is 2.64. The number of nitrogens with two attached hydrogens (primary N) is 1. The van der Waals surface area contributed by atoms with E-state index in [9.17, 15) is 9.59 Å². The van der Waals surface area contributed by atoms with Crippen LogP contribution in [0.5, 0.6) is 0 Å². The van der Waals surface area contributed by atoms with Gasteiger partial charge in [0.1, 0.15) is 0 Å². The SMILES string of the molecule is CNC(=O)C1CCCN(C(=O)C(C)(C)N)C1. The first kappa shape index (κ1) is 13.0.